The second kappa shape index (κ2) is 9.63. The molecule has 0 spiro atoms. The summed E-state index contributed by atoms with van der Waals surface area (Å²) in [4.78, 5) is 4.20. The fraction of sp³-hybridized carbons (Fsp3) is 0.188. The molecule has 0 bridgehead atoms. The Labute approximate surface area is 147 Å². The Hall–Kier alpha value is -1.27. The number of guanidine groups is 1. The number of rotatable bonds is 4. The van der Waals surface area contributed by atoms with Crippen molar-refractivity contribution in [3.05, 3.63) is 70.7 Å². The van der Waals surface area contributed by atoms with Crippen LogP contribution in [0.4, 0.5) is 0 Å². The zero-order valence-corrected chi connectivity index (χ0v) is 14.9. The maximum absolute atomic E-state index is 5.96. The molecule has 0 aliphatic rings. The predicted octanol–water partition coefficient (Wildman–Crippen LogP) is 3.82. The van der Waals surface area contributed by atoms with Crippen molar-refractivity contribution in [2.24, 2.45) is 4.99 Å². The summed E-state index contributed by atoms with van der Waals surface area (Å²) in [6, 6.07) is 18.0. The molecule has 0 amide bonds. The third-order valence-electron chi connectivity index (χ3n) is 2.88. The molecule has 0 aromatic heterocycles. The van der Waals surface area contributed by atoms with E-state index < -0.39 is 0 Å². The lowest BCUT2D eigenvalue weighted by Gasteiger charge is -2.12. The number of benzene rings is 2. The zero-order valence-electron chi connectivity index (χ0n) is 11.8. The monoisotopic (exact) mass is 415 g/mol. The molecular formula is C16H19ClIN3. The van der Waals surface area contributed by atoms with Crippen molar-refractivity contribution in [1.29, 1.82) is 0 Å². The van der Waals surface area contributed by atoms with Crippen LogP contribution in [-0.2, 0) is 13.1 Å². The zero-order chi connectivity index (χ0) is 14.2. The number of halogens is 2. The Morgan fingerprint density at radius 1 is 0.952 bits per heavy atom. The Kier molecular flexibility index (Phi) is 8.15. The third-order valence-corrected chi connectivity index (χ3v) is 3.11. The Morgan fingerprint density at radius 3 is 2.19 bits per heavy atom. The highest BCUT2D eigenvalue weighted by Crippen LogP contribution is 2.10. The molecule has 0 saturated carbocycles. The van der Waals surface area contributed by atoms with E-state index in [1.165, 1.54) is 5.56 Å². The van der Waals surface area contributed by atoms with Gasteiger partial charge in [-0.3, -0.25) is 4.99 Å². The standard InChI is InChI=1S/C16H18ClN3.HI/c1-18-16(19-11-13-6-3-2-4-7-13)20-12-14-8-5-9-15(17)10-14;/h2-10H,11-12H2,1H3,(H2,18,19,20);1H. The van der Waals surface area contributed by atoms with Crippen LogP contribution in [0.25, 0.3) is 0 Å². The summed E-state index contributed by atoms with van der Waals surface area (Å²) in [6.45, 7) is 1.44. The molecule has 0 saturated heterocycles. The summed E-state index contributed by atoms with van der Waals surface area (Å²) in [7, 11) is 1.76. The number of hydrogen-bond acceptors (Lipinski definition) is 1. The molecule has 0 unspecified atom stereocenters. The van der Waals surface area contributed by atoms with Crippen LogP contribution < -0.4 is 10.6 Å². The fourth-order valence-corrected chi connectivity index (χ4v) is 2.05. The van der Waals surface area contributed by atoms with Crippen molar-refractivity contribution in [3.63, 3.8) is 0 Å². The van der Waals surface area contributed by atoms with E-state index >= 15 is 0 Å². The van der Waals surface area contributed by atoms with Gasteiger partial charge in [0.25, 0.3) is 0 Å². The quantitative estimate of drug-likeness (QED) is 0.452. The Morgan fingerprint density at radius 2 is 1.57 bits per heavy atom. The summed E-state index contributed by atoms with van der Waals surface area (Å²) in [5.74, 6) is 0.772. The minimum absolute atomic E-state index is 0. The maximum atomic E-state index is 5.96. The average Bonchev–Trinajstić information content (AvgIpc) is 2.48. The van der Waals surface area contributed by atoms with Gasteiger partial charge in [0.15, 0.2) is 5.96 Å². The summed E-state index contributed by atoms with van der Waals surface area (Å²) in [5, 5.41) is 7.29. The molecular weight excluding hydrogens is 397 g/mol. The van der Waals surface area contributed by atoms with Crippen LogP contribution in [0.1, 0.15) is 11.1 Å². The molecule has 2 rings (SSSR count). The van der Waals surface area contributed by atoms with Gasteiger partial charge in [-0.25, -0.2) is 0 Å². The van der Waals surface area contributed by atoms with E-state index in [1.54, 1.807) is 7.05 Å². The van der Waals surface area contributed by atoms with Crippen LogP contribution in [0.3, 0.4) is 0 Å². The minimum atomic E-state index is 0. The minimum Gasteiger partial charge on any atom is -0.352 e. The van der Waals surface area contributed by atoms with Crippen molar-refractivity contribution in [3.8, 4) is 0 Å². The molecule has 0 radical (unpaired) electrons. The lowest BCUT2D eigenvalue weighted by Crippen LogP contribution is -2.36. The van der Waals surface area contributed by atoms with Gasteiger partial charge in [0.05, 0.1) is 0 Å². The van der Waals surface area contributed by atoms with E-state index in [9.17, 15) is 0 Å². The Bertz CT molecular complexity index is 573. The lowest BCUT2D eigenvalue weighted by molar-refractivity contribution is 0.809. The average molecular weight is 416 g/mol. The van der Waals surface area contributed by atoms with Gasteiger partial charge in [-0.05, 0) is 23.3 Å². The predicted molar refractivity (Wildman–Crippen MR) is 100 cm³/mol. The van der Waals surface area contributed by atoms with Crippen molar-refractivity contribution in [2.75, 3.05) is 7.05 Å². The SMILES string of the molecule is CN=C(NCc1ccccc1)NCc1cccc(Cl)c1.I. The van der Waals surface area contributed by atoms with Crippen molar-refractivity contribution in [1.82, 2.24) is 10.6 Å². The normalized spacial score (nSPS) is 10.7. The topological polar surface area (TPSA) is 36.4 Å². The lowest BCUT2D eigenvalue weighted by atomic mass is 10.2. The largest absolute Gasteiger partial charge is 0.352 e. The highest BCUT2D eigenvalue weighted by atomic mass is 127. The number of hydrogen-bond donors (Lipinski definition) is 2. The first-order chi connectivity index (χ1) is 9.78. The molecule has 2 aromatic carbocycles. The van der Waals surface area contributed by atoms with E-state index in [2.05, 4.69) is 27.8 Å². The van der Waals surface area contributed by atoms with Crippen molar-refractivity contribution >= 4 is 41.5 Å². The first-order valence-electron chi connectivity index (χ1n) is 6.51. The van der Waals surface area contributed by atoms with Crippen LogP contribution in [0, 0.1) is 0 Å². The van der Waals surface area contributed by atoms with Crippen LogP contribution in [0.5, 0.6) is 0 Å². The molecule has 5 heteroatoms. The summed E-state index contributed by atoms with van der Waals surface area (Å²) in [5.41, 5.74) is 2.35. The van der Waals surface area contributed by atoms with E-state index in [-0.39, 0.29) is 24.0 Å². The number of nitrogens with one attached hydrogen (secondary N) is 2. The molecule has 0 aliphatic carbocycles. The molecule has 0 atom stereocenters. The van der Waals surface area contributed by atoms with Crippen molar-refractivity contribution in [2.45, 2.75) is 13.1 Å². The molecule has 2 aromatic rings. The first kappa shape index (κ1) is 17.8. The van der Waals surface area contributed by atoms with E-state index in [0.717, 1.165) is 23.1 Å². The van der Waals surface area contributed by atoms with Gasteiger partial charge in [-0.2, -0.15) is 0 Å². The van der Waals surface area contributed by atoms with Crippen LogP contribution in [0.2, 0.25) is 5.02 Å². The molecule has 0 heterocycles. The Balaban J connectivity index is 0.00000220. The number of aliphatic imine (C=N–C) groups is 1. The van der Waals surface area contributed by atoms with Gasteiger partial charge in [0, 0.05) is 25.2 Å². The second-order valence-electron chi connectivity index (χ2n) is 4.39. The molecule has 3 nitrogen and oxygen atoms in total. The van der Waals surface area contributed by atoms with Crippen LogP contribution in [-0.4, -0.2) is 13.0 Å². The third kappa shape index (κ3) is 6.35. The van der Waals surface area contributed by atoms with Gasteiger partial charge >= 0.3 is 0 Å². The number of nitrogens with zero attached hydrogens (tertiary/aromatic N) is 1. The summed E-state index contributed by atoms with van der Waals surface area (Å²) in [6.07, 6.45) is 0. The summed E-state index contributed by atoms with van der Waals surface area (Å²) >= 11 is 5.96. The second-order valence-corrected chi connectivity index (χ2v) is 4.83. The van der Waals surface area contributed by atoms with Gasteiger partial charge in [-0.15, -0.1) is 24.0 Å². The highest BCUT2D eigenvalue weighted by Gasteiger charge is 1.99. The fourth-order valence-electron chi connectivity index (χ4n) is 1.83. The van der Waals surface area contributed by atoms with E-state index in [0.29, 0.717) is 6.54 Å². The molecule has 0 aliphatic heterocycles. The van der Waals surface area contributed by atoms with E-state index in [4.69, 9.17) is 11.6 Å². The van der Waals surface area contributed by atoms with Gasteiger partial charge in [-0.1, -0.05) is 54.1 Å². The van der Waals surface area contributed by atoms with Crippen molar-refractivity contribution < 1.29 is 0 Å². The highest BCUT2D eigenvalue weighted by molar-refractivity contribution is 14.0. The van der Waals surface area contributed by atoms with Gasteiger partial charge in [0.2, 0.25) is 0 Å². The molecule has 21 heavy (non-hydrogen) atoms. The van der Waals surface area contributed by atoms with E-state index in [1.807, 2.05) is 42.5 Å². The van der Waals surface area contributed by atoms with Crippen LogP contribution in [0.15, 0.2) is 59.6 Å². The summed E-state index contributed by atoms with van der Waals surface area (Å²) < 4.78 is 0. The maximum Gasteiger partial charge on any atom is 0.191 e. The molecule has 112 valence electrons. The molecule has 2 N–H and O–H groups in total. The molecule has 0 fully saturated rings. The van der Waals surface area contributed by atoms with Crippen LogP contribution >= 0.6 is 35.6 Å². The van der Waals surface area contributed by atoms with Gasteiger partial charge < -0.3 is 10.6 Å². The van der Waals surface area contributed by atoms with Gasteiger partial charge in [0.1, 0.15) is 0 Å². The first-order valence-corrected chi connectivity index (χ1v) is 6.88. The smallest absolute Gasteiger partial charge is 0.191 e.